The lowest BCUT2D eigenvalue weighted by molar-refractivity contribution is -0.132. The van der Waals surface area contributed by atoms with E-state index in [1.165, 1.54) is 0 Å². The third-order valence-electron chi connectivity index (χ3n) is 4.60. The molecular weight excluding hydrogens is 364 g/mol. The number of amides is 1. The van der Waals surface area contributed by atoms with Gasteiger partial charge in [0.1, 0.15) is 6.10 Å². The van der Waals surface area contributed by atoms with Gasteiger partial charge in [0.15, 0.2) is 0 Å². The number of rotatable bonds is 8. The molecule has 2 aromatic rings. The van der Waals surface area contributed by atoms with Crippen LogP contribution in [0.15, 0.2) is 54.6 Å². The molecule has 0 aromatic heterocycles. The van der Waals surface area contributed by atoms with Gasteiger partial charge < -0.3 is 20.5 Å². The molecule has 146 valence electrons. The number of hydrogen-bond donors (Lipinski definition) is 2. The lowest BCUT2D eigenvalue weighted by Crippen LogP contribution is -2.35. The van der Waals surface area contributed by atoms with E-state index in [1.54, 1.807) is 0 Å². The van der Waals surface area contributed by atoms with E-state index in [1.807, 2.05) is 54.6 Å². The van der Waals surface area contributed by atoms with Crippen LogP contribution >= 0.6 is 12.4 Å². The first-order valence-electron chi connectivity index (χ1n) is 9.08. The molecule has 0 unspecified atom stereocenters. The molecule has 3 rings (SSSR count). The molecule has 2 atom stereocenters. The lowest BCUT2D eigenvalue weighted by Gasteiger charge is -2.14. The average molecular weight is 391 g/mol. The van der Waals surface area contributed by atoms with Gasteiger partial charge in [0.05, 0.1) is 19.3 Å². The molecule has 0 radical (unpaired) electrons. The van der Waals surface area contributed by atoms with Crippen molar-refractivity contribution in [3.8, 4) is 0 Å². The summed E-state index contributed by atoms with van der Waals surface area (Å²) in [5, 5.41) is 2.97. The maximum atomic E-state index is 12.3. The highest BCUT2D eigenvalue weighted by Gasteiger charge is 2.29. The van der Waals surface area contributed by atoms with Gasteiger partial charge in [-0.15, -0.1) is 12.4 Å². The topological polar surface area (TPSA) is 73.6 Å². The van der Waals surface area contributed by atoms with E-state index >= 15 is 0 Å². The Morgan fingerprint density at radius 2 is 1.74 bits per heavy atom. The molecule has 1 aliphatic rings. The first kappa shape index (κ1) is 21.4. The van der Waals surface area contributed by atoms with Crippen molar-refractivity contribution in [2.75, 3.05) is 6.54 Å². The Morgan fingerprint density at radius 1 is 1.04 bits per heavy atom. The summed E-state index contributed by atoms with van der Waals surface area (Å²) in [4.78, 5) is 12.3. The Hall–Kier alpha value is -1.92. The zero-order valence-corrected chi connectivity index (χ0v) is 16.1. The molecule has 0 saturated carbocycles. The standard InChI is InChI=1S/C21H26N2O3.ClH/c22-12-19-10-11-20(26-19)21(24)23-13-17-8-4-5-9-18(17)15-25-14-16-6-2-1-3-7-16;/h1-9,19-20H,10-15,22H2,(H,23,24);1H/t19-,20+;/m1./s1. The molecule has 2 aromatic carbocycles. The van der Waals surface area contributed by atoms with Gasteiger partial charge in [0.2, 0.25) is 5.91 Å². The number of ether oxygens (including phenoxy) is 2. The summed E-state index contributed by atoms with van der Waals surface area (Å²) in [6, 6.07) is 18.1. The van der Waals surface area contributed by atoms with Gasteiger partial charge in [-0.2, -0.15) is 0 Å². The fourth-order valence-electron chi connectivity index (χ4n) is 3.09. The number of hydrogen-bond acceptors (Lipinski definition) is 4. The highest BCUT2D eigenvalue weighted by atomic mass is 35.5. The molecule has 6 heteroatoms. The van der Waals surface area contributed by atoms with Crippen molar-refractivity contribution in [2.45, 2.75) is 44.8 Å². The van der Waals surface area contributed by atoms with Crippen molar-refractivity contribution in [3.63, 3.8) is 0 Å². The van der Waals surface area contributed by atoms with E-state index < -0.39 is 0 Å². The van der Waals surface area contributed by atoms with E-state index in [0.29, 0.717) is 26.3 Å². The molecule has 5 nitrogen and oxygen atoms in total. The maximum absolute atomic E-state index is 12.3. The predicted octanol–water partition coefficient (Wildman–Crippen LogP) is 2.95. The average Bonchev–Trinajstić information content (AvgIpc) is 3.17. The highest BCUT2D eigenvalue weighted by molar-refractivity contribution is 5.85. The molecule has 1 amide bonds. The van der Waals surface area contributed by atoms with E-state index in [-0.39, 0.29) is 30.5 Å². The number of benzene rings is 2. The van der Waals surface area contributed by atoms with Gasteiger partial charge in [-0.05, 0) is 29.5 Å². The Labute approximate surface area is 166 Å². The minimum absolute atomic E-state index is 0. The zero-order valence-electron chi connectivity index (χ0n) is 15.3. The minimum Gasteiger partial charge on any atom is -0.372 e. The molecular formula is C21H27ClN2O3. The molecule has 0 bridgehead atoms. The molecule has 1 aliphatic heterocycles. The quantitative estimate of drug-likeness (QED) is 0.726. The molecule has 1 fully saturated rings. The molecule has 0 aliphatic carbocycles. The highest BCUT2D eigenvalue weighted by Crippen LogP contribution is 2.19. The fourth-order valence-corrected chi connectivity index (χ4v) is 3.09. The van der Waals surface area contributed by atoms with Crippen molar-refractivity contribution >= 4 is 18.3 Å². The predicted molar refractivity (Wildman–Crippen MR) is 107 cm³/mol. The van der Waals surface area contributed by atoms with Gasteiger partial charge in [0.25, 0.3) is 0 Å². The number of carbonyl (C=O) groups is 1. The van der Waals surface area contributed by atoms with Crippen LogP contribution in [0.25, 0.3) is 0 Å². The van der Waals surface area contributed by atoms with Crippen LogP contribution in [0.1, 0.15) is 29.5 Å². The van der Waals surface area contributed by atoms with Crippen LogP contribution in [-0.2, 0) is 34.0 Å². The zero-order chi connectivity index (χ0) is 18.2. The van der Waals surface area contributed by atoms with E-state index in [0.717, 1.165) is 29.5 Å². The van der Waals surface area contributed by atoms with Gasteiger partial charge >= 0.3 is 0 Å². The van der Waals surface area contributed by atoms with Crippen molar-refractivity contribution in [1.82, 2.24) is 5.32 Å². The minimum atomic E-state index is -0.384. The normalized spacial score (nSPS) is 18.7. The monoisotopic (exact) mass is 390 g/mol. The molecule has 1 saturated heterocycles. The van der Waals surface area contributed by atoms with E-state index in [4.69, 9.17) is 15.2 Å². The van der Waals surface area contributed by atoms with Crippen LogP contribution in [0.3, 0.4) is 0 Å². The van der Waals surface area contributed by atoms with Crippen molar-refractivity contribution < 1.29 is 14.3 Å². The summed E-state index contributed by atoms with van der Waals surface area (Å²) in [6.07, 6.45) is 1.20. The van der Waals surface area contributed by atoms with Gasteiger partial charge in [0, 0.05) is 13.1 Å². The Kier molecular flexibility index (Phi) is 8.75. The lowest BCUT2D eigenvalue weighted by atomic mass is 10.1. The first-order valence-corrected chi connectivity index (χ1v) is 9.08. The van der Waals surface area contributed by atoms with E-state index in [9.17, 15) is 4.79 Å². The Bertz CT molecular complexity index is 712. The SMILES string of the molecule is Cl.NC[C@H]1CC[C@@H](C(=O)NCc2ccccc2COCc2ccccc2)O1. The Balaban J connectivity index is 0.00000261. The van der Waals surface area contributed by atoms with Crippen LogP contribution < -0.4 is 11.1 Å². The van der Waals surface area contributed by atoms with Gasteiger partial charge in [-0.1, -0.05) is 54.6 Å². The summed E-state index contributed by atoms with van der Waals surface area (Å²) in [6.45, 7) is 2.01. The second-order valence-electron chi connectivity index (χ2n) is 6.52. The van der Waals surface area contributed by atoms with Crippen LogP contribution in [-0.4, -0.2) is 24.7 Å². The summed E-state index contributed by atoms with van der Waals surface area (Å²) in [5.41, 5.74) is 8.88. The summed E-state index contributed by atoms with van der Waals surface area (Å²) in [5.74, 6) is -0.0686. The summed E-state index contributed by atoms with van der Waals surface area (Å²) in [7, 11) is 0. The summed E-state index contributed by atoms with van der Waals surface area (Å²) >= 11 is 0. The maximum Gasteiger partial charge on any atom is 0.249 e. The van der Waals surface area contributed by atoms with E-state index in [2.05, 4.69) is 5.32 Å². The number of nitrogens with two attached hydrogens (primary N) is 1. The fraction of sp³-hybridized carbons (Fsp3) is 0.381. The second-order valence-corrected chi connectivity index (χ2v) is 6.52. The molecule has 27 heavy (non-hydrogen) atoms. The smallest absolute Gasteiger partial charge is 0.249 e. The van der Waals surface area contributed by atoms with Crippen molar-refractivity contribution in [2.24, 2.45) is 5.73 Å². The first-order chi connectivity index (χ1) is 12.8. The van der Waals surface area contributed by atoms with Crippen LogP contribution in [0.4, 0.5) is 0 Å². The summed E-state index contributed by atoms with van der Waals surface area (Å²) < 4.78 is 11.5. The number of nitrogens with one attached hydrogen (secondary N) is 1. The third-order valence-corrected chi connectivity index (χ3v) is 4.60. The Morgan fingerprint density at radius 3 is 2.44 bits per heavy atom. The van der Waals surface area contributed by atoms with Crippen LogP contribution in [0.2, 0.25) is 0 Å². The largest absolute Gasteiger partial charge is 0.372 e. The number of carbonyl (C=O) groups excluding carboxylic acids is 1. The van der Waals surface area contributed by atoms with Gasteiger partial charge in [-0.3, -0.25) is 4.79 Å². The third kappa shape index (κ3) is 6.33. The van der Waals surface area contributed by atoms with Crippen molar-refractivity contribution in [1.29, 1.82) is 0 Å². The number of halogens is 1. The second kappa shape index (κ2) is 11.0. The van der Waals surface area contributed by atoms with Crippen LogP contribution in [0.5, 0.6) is 0 Å². The molecule has 0 spiro atoms. The van der Waals surface area contributed by atoms with Gasteiger partial charge in [-0.25, -0.2) is 0 Å². The molecule has 1 heterocycles. The van der Waals surface area contributed by atoms with Crippen LogP contribution in [0, 0.1) is 0 Å². The molecule has 3 N–H and O–H groups in total. The van der Waals surface area contributed by atoms with Crippen molar-refractivity contribution in [3.05, 3.63) is 71.3 Å².